The van der Waals surface area contributed by atoms with E-state index in [2.05, 4.69) is 5.32 Å². The highest BCUT2D eigenvalue weighted by Crippen LogP contribution is 2.27. The first-order valence-electron chi connectivity index (χ1n) is 6.38. The highest BCUT2D eigenvalue weighted by atomic mass is 16.5. The van der Waals surface area contributed by atoms with Gasteiger partial charge in [0.2, 0.25) is 5.91 Å². The molecule has 0 fully saturated rings. The summed E-state index contributed by atoms with van der Waals surface area (Å²) in [4.78, 5) is 22.1. The van der Waals surface area contributed by atoms with Gasteiger partial charge in [-0.05, 0) is 31.0 Å². The van der Waals surface area contributed by atoms with E-state index in [1.165, 1.54) is 6.92 Å². The maximum atomic E-state index is 11.6. The molecule has 1 amide bonds. The molecule has 0 heterocycles. The van der Waals surface area contributed by atoms with Gasteiger partial charge >= 0.3 is 5.97 Å². The second-order valence-electron chi connectivity index (χ2n) is 4.36. The van der Waals surface area contributed by atoms with Crippen molar-refractivity contribution in [1.29, 1.82) is 0 Å². The fraction of sp³-hybridized carbons (Fsp3) is 0.333. The maximum Gasteiger partial charge on any atom is 0.328 e. The maximum absolute atomic E-state index is 11.6. The summed E-state index contributed by atoms with van der Waals surface area (Å²) >= 11 is 0. The van der Waals surface area contributed by atoms with Crippen LogP contribution in [0, 0.1) is 0 Å². The average molecular weight is 293 g/mol. The lowest BCUT2D eigenvalue weighted by molar-refractivity contribution is -0.131. The van der Waals surface area contributed by atoms with Crippen LogP contribution in [0.25, 0.3) is 0 Å². The number of methoxy groups -OCH3 is 2. The topological polar surface area (TPSA) is 84.9 Å². The number of benzene rings is 1. The van der Waals surface area contributed by atoms with Gasteiger partial charge in [-0.1, -0.05) is 6.07 Å². The van der Waals surface area contributed by atoms with E-state index in [0.717, 1.165) is 11.6 Å². The van der Waals surface area contributed by atoms with Gasteiger partial charge in [0.25, 0.3) is 0 Å². The molecule has 1 aromatic carbocycles. The Hall–Kier alpha value is -2.50. The van der Waals surface area contributed by atoms with Gasteiger partial charge < -0.3 is 19.9 Å². The molecular formula is C15H19NO5. The Bertz CT molecular complexity index is 551. The average Bonchev–Trinajstić information content (AvgIpc) is 2.46. The van der Waals surface area contributed by atoms with E-state index in [4.69, 9.17) is 14.6 Å². The summed E-state index contributed by atoms with van der Waals surface area (Å²) in [5, 5.41) is 11.2. The van der Waals surface area contributed by atoms with Gasteiger partial charge in [0.15, 0.2) is 11.5 Å². The van der Waals surface area contributed by atoms with Gasteiger partial charge in [-0.3, -0.25) is 4.79 Å². The Balaban J connectivity index is 2.57. The highest BCUT2D eigenvalue weighted by Gasteiger charge is 2.07. The summed E-state index contributed by atoms with van der Waals surface area (Å²) in [6.45, 7) is 1.86. The largest absolute Gasteiger partial charge is 0.493 e. The molecule has 1 rings (SSSR count). The van der Waals surface area contributed by atoms with Crippen molar-refractivity contribution in [3.63, 3.8) is 0 Å². The summed E-state index contributed by atoms with van der Waals surface area (Å²) in [5.41, 5.74) is 1.14. The highest BCUT2D eigenvalue weighted by molar-refractivity contribution is 5.98. The quantitative estimate of drug-likeness (QED) is 0.742. The zero-order valence-electron chi connectivity index (χ0n) is 12.3. The van der Waals surface area contributed by atoms with Crippen molar-refractivity contribution in [1.82, 2.24) is 5.32 Å². The first kappa shape index (κ1) is 16.6. The first-order valence-corrected chi connectivity index (χ1v) is 6.38. The Morgan fingerprint density at radius 1 is 1.24 bits per heavy atom. The number of hydrogen-bond acceptors (Lipinski definition) is 4. The molecule has 0 spiro atoms. The molecule has 6 nitrogen and oxygen atoms in total. The van der Waals surface area contributed by atoms with Gasteiger partial charge in [-0.2, -0.15) is 0 Å². The number of amides is 1. The molecule has 0 atom stereocenters. The van der Waals surface area contributed by atoms with E-state index in [1.54, 1.807) is 20.3 Å². The number of carboxylic acids is 1. The number of ether oxygens (including phenoxy) is 2. The number of aliphatic carboxylic acids is 1. The van der Waals surface area contributed by atoms with E-state index in [9.17, 15) is 9.59 Å². The first-order chi connectivity index (χ1) is 9.97. The Morgan fingerprint density at radius 2 is 1.90 bits per heavy atom. The second kappa shape index (κ2) is 7.94. The smallest absolute Gasteiger partial charge is 0.328 e. The fourth-order valence-corrected chi connectivity index (χ4v) is 1.75. The SMILES string of the molecule is COc1ccc(CCNC(=O)/C(C)=C\C(=O)O)cc1OC. The standard InChI is InChI=1S/C15H19NO5/c1-10(8-14(17)18)15(19)16-7-6-11-4-5-12(20-2)13(9-11)21-3/h4-5,8-9H,6-7H2,1-3H3,(H,16,19)(H,17,18)/b10-8-. The monoisotopic (exact) mass is 293 g/mol. The lowest BCUT2D eigenvalue weighted by Crippen LogP contribution is -2.26. The molecular weight excluding hydrogens is 274 g/mol. The fourth-order valence-electron chi connectivity index (χ4n) is 1.75. The van der Waals surface area contributed by atoms with Gasteiger partial charge in [-0.25, -0.2) is 4.79 Å². The number of carbonyl (C=O) groups is 2. The Morgan fingerprint density at radius 3 is 2.48 bits per heavy atom. The molecule has 6 heteroatoms. The minimum absolute atomic E-state index is 0.162. The molecule has 2 N–H and O–H groups in total. The Kier molecular flexibility index (Phi) is 6.26. The number of rotatable bonds is 7. The van der Waals surface area contributed by atoms with Gasteiger partial charge in [-0.15, -0.1) is 0 Å². The van der Waals surface area contributed by atoms with Crippen molar-refractivity contribution >= 4 is 11.9 Å². The van der Waals surface area contributed by atoms with Gasteiger partial charge in [0.05, 0.1) is 14.2 Å². The predicted molar refractivity (Wildman–Crippen MR) is 77.7 cm³/mol. The van der Waals surface area contributed by atoms with Gasteiger partial charge in [0.1, 0.15) is 0 Å². The van der Waals surface area contributed by atoms with Crippen LogP contribution in [-0.2, 0) is 16.0 Å². The zero-order chi connectivity index (χ0) is 15.8. The number of hydrogen-bond donors (Lipinski definition) is 2. The minimum atomic E-state index is -1.14. The van der Waals surface area contributed by atoms with E-state index in [1.807, 2.05) is 12.1 Å². The molecule has 0 aromatic heterocycles. The molecule has 0 unspecified atom stereocenters. The Labute approximate surface area is 123 Å². The third kappa shape index (κ3) is 5.18. The summed E-state index contributed by atoms with van der Waals surface area (Å²) in [6, 6.07) is 5.52. The van der Waals surface area contributed by atoms with Crippen LogP contribution in [0.4, 0.5) is 0 Å². The van der Waals surface area contributed by atoms with Crippen LogP contribution in [-0.4, -0.2) is 37.7 Å². The van der Waals surface area contributed by atoms with Crippen LogP contribution < -0.4 is 14.8 Å². The van der Waals surface area contributed by atoms with E-state index >= 15 is 0 Å². The number of carbonyl (C=O) groups excluding carboxylic acids is 1. The molecule has 0 bridgehead atoms. The van der Waals surface area contributed by atoms with Crippen molar-refractivity contribution in [2.45, 2.75) is 13.3 Å². The summed E-state index contributed by atoms with van der Waals surface area (Å²) < 4.78 is 10.3. The van der Waals surface area contributed by atoms with Crippen molar-refractivity contribution in [3.05, 3.63) is 35.4 Å². The number of carboxylic acid groups (broad SMARTS) is 1. The van der Waals surface area contributed by atoms with Crippen molar-refractivity contribution < 1.29 is 24.2 Å². The molecule has 0 aliphatic rings. The van der Waals surface area contributed by atoms with Crippen LogP contribution in [0.1, 0.15) is 12.5 Å². The minimum Gasteiger partial charge on any atom is -0.493 e. The summed E-state index contributed by atoms with van der Waals surface area (Å²) in [5.74, 6) is -0.255. The van der Waals surface area contributed by atoms with Crippen LogP contribution in [0.3, 0.4) is 0 Å². The van der Waals surface area contributed by atoms with Crippen LogP contribution in [0.2, 0.25) is 0 Å². The van der Waals surface area contributed by atoms with Crippen LogP contribution in [0.5, 0.6) is 11.5 Å². The van der Waals surface area contributed by atoms with E-state index in [-0.39, 0.29) is 5.57 Å². The molecule has 0 radical (unpaired) electrons. The molecule has 0 saturated heterocycles. The van der Waals surface area contributed by atoms with Crippen LogP contribution in [0.15, 0.2) is 29.8 Å². The molecule has 0 saturated carbocycles. The molecule has 114 valence electrons. The molecule has 0 aliphatic carbocycles. The van der Waals surface area contributed by atoms with Gasteiger partial charge in [0, 0.05) is 18.2 Å². The number of nitrogens with one attached hydrogen (secondary N) is 1. The third-order valence-electron chi connectivity index (χ3n) is 2.85. The summed E-state index contributed by atoms with van der Waals surface area (Å²) in [7, 11) is 3.12. The van der Waals surface area contributed by atoms with Crippen LogP contribution >= 0.6 is 0 Å². The molecule has 21 heavy (non-hydrogen) atoms. The zero-order valence-corrected chi connectivity index (χ0v) is 12.3. The van der Waals surface area contributed by atoms with E-state index < -0.39 is 11.9 Å². The molecule has 0 aliphatic heterocycles. The lowest BCUT2D eigenvalue weighted by Gasteiger charge is -2.10. The second-order valence-corrected chi connectivity index (χ2v) is 4.36. The van der Waals surface area contributed by atoms with Crippen molar-refractivity contribution in [2.24, 2.45) is 0 Å². The van der Waals surface area contributed by atoms with Crippen molar-refractivity contribution in [3.8, 4) is 11.5 Å². The molecule has 1 aromatic rings. The lowest BCUT2D eigenvalue weighted by atomic mass is 10.1. The third-order valence-corrected chi connectivity index (χ3v) is 2.85. The van der Waals surface area contributed by atoms with E-state index in [0.29, 0.717) is 24.5 Å². The predicted octanol–water partition coefficient (Wildman–Crippen LogP) is 1.39. The normalized spacial score (nSPS) is 10.9. The summed E-state index contributed by atoms with van der Waals surface area (Å²) in [6.07, 6.45) is 1.48. The van der Waals surface area contributed by atoms with Crippen molar-refractivity contribution in [2.75, 3.05) is 20.8 Å².